The Morgan fingerprint density at radius 1 is 1.30 bits per heavy atom. The molecule has 1 aromatic heterocycles. The number of sulfonamides is 1. The van der Waals surface area contributed by atoms with E-state index in [4.69, 9.17) is 21.1 Å². The van der Waals surface area contributed by atoms with E-state index in [0.717, 1.165) is 18.4 Å². The summed E-state index contributed by atoms with van der Waals surface area (Å²) in [7, 11) is -3.83. The zero-order valence-corrected chi connectivity index (χ0v) is 16.3. The lowest BCUT2D eigenvalue weighted by Crippen LogP contribution is -2.30. The molecule has 1 N–H and O–H groups in total. The van der Waals surface area contributed by atoms with Crippen LogP contribution in [0.1, 0.15) is 29.8 Å². The van der Waals surface area contributed by atoms with E-state index in [1.54, 1.807) is 4.72 Å². The molecule has 2 rings (SSSR count). The molecule has 11 heteroatoms. The number of nitrogens with one attached hydrogen (secondary N) is 1. The summed E-state index contributed by atoms with van der Waals surface area (Å²) in [6.45, 7) is 3.56. The predicted molar refractivity (Wildman–Crippen MR) is 95.8 cm³/mol. The maximum atomic E-state index is 14.1. The Hall–Kier alpha value is -2.46. The molecule has 0 radical (unpaired) electrons. The van der Waals surface area contributed by atoms with Crippen molar-refractivity contribution in [2.24, 2.45) is 0 Å². The van der Waals surface area contributed by atoms with Crippen LogP contribution in [-0.2, 0) is 16.6 Å². The number of rotatable bonds is 7. The summed E-state index contributed by atoms with van der Waals surface area (Å²) in [6, 6.07) is 2.23. The van der Waals surface area contributed by atoms with E-state index in [0.29, 0.717) is 5.75 Å². The van der Waals surface area contributed by atoms with Crippen molar-refractivity contribution in [1.82, 2.24) is 14.7 Å². The Bertz CT molecular complexity index is 936. The molecule has 27 heavy (non-hydrogen) atoms. The second-order valence-corrected chi connectivity index (χ2v) is 7.94. The molecule has 0 aliphatic heterocycles. The Morgan fingerprint density at radius 3 is 2.48 bits per heavy atom. The van der Waals surface area contributed by atoms with Crippen molar-refractivity contribution < 1.29 is 27.1 Å². The minimum Gasteiger partial charge on any atom is -0.486 e. The largest absolute Gasteiger partial charge is 0.486 e. The molecule has 1 heterocycles. The highest BCUT2D eigenvalue weighted by Crippen LogP contribution is 2.23. The molecule has 1 amide bonds. The molecule has 0 fully saturated rings. The first-order chi connectivity index (χ1) is 12.5. The Morgan fingerprint density at radius 2 is 1.93 bits per heavy atom. The molecular weight excluding hydrogens is 401 g/mol. The van der Waals surface area contributed by atoms with Crippen LogP contribution in [0.5, 0.6) is 11.8 Å². The molecule has 0 atom stereocenters. The Balaban J connectivity index is 2.09. The third kappa shape index (κ3) is 6.33. The van der Waals surface area contributed by atoms with Gasteiger partial charge in [-0.3, -0.25) is 4.79 Å². The molecule has 0 aliphatic carbocycles. The second kappa shape index (κ2) is 8.49. The average Bonchev–Trinajstić information content (AvgIpc) is 2.54. The van der Waals surface area contributed by atoms with Gasteiger partial charge in [0.05, 0.1) is 30.3 Å². The molecule has 146 valence electrons. The van der Waals surface area contributed by atoms with Crippen LogP contribution in [-0.4, -0.2) is 36.7 Å². The first-order valence-electron chi connectivity index (χ1n) is 7.66. The summed E-state index contributed by atoms with van der Waals surface area (Å²) in [4.78, 5) is 19.7. The van der Waals surface area contributed by atoms with Gasteiger partial charge in [0, 0.05) is 10.6 Å². The van der Waals surface area contributed by atoms with Gasteiger partial charge in [0.25, 0.3) is 5.91 Å². The minimum absolute atomic E-state index is 0.0377. The molecule has 0 spiro atoms. The van der Waals surface area contributed by atoms with Crippen LogP contribution < -0.4 is 14.2 Å². The number of amides is 1. The van der Waals surface area contributed by atoms with Gasteiger partial charge < -0.3 is 9.47 Å². The topological polar surface area (TPSA) is 107 Å². The van der Waals surface area contributed by atoms with Gasteiger partial charge in [-0.25, -0.2) is 17.5 Å². The third-order valence-corrected chi connectivity index (χ3v) is 3.91. The summed E-state index contributed by atoms with van der Waals surface area (Å²) in [5.41, 5.74) is -0.236. The van der Waals surface area contributed by atoms with Gasteiger partial charge >= 0.3 is 6.01 Å². The quantitative estimate of drug-likeness (QED) is 0.736. The molecule has 0 unspecified atom stereocenters. The summed E-state index contributed by atoms with van der Waals surface area (Å²) in [6.07, 6.45) is 3.50. The highest BCUT2D eigenvalue weighted by atomic mass is 35.5. The highest BCUT2D eigenvalue weighted by molar-refractivity contribution is 7.89. The second-order valence-electron chi connectivity index (χ2n) is 5.78. The SMILES string of the molecule is CC(C)Oc1ncc(OCc2cc(F)c(C(=O)NS(C)(=O)=O)cc2Cl)cn1. The summed E-state index contributed by atoms with van der Waals surface area (Å²) in [5.74, 6) is -1.74. The van der Waals surface area contributed by atoms with Crippen molar-refractivity contribution in [1.29, 1.82) is 0 Å². The highest BCUT2D eigenvalue weighted by Gasteiger charge is 2.18. The van der Waals surface area contributed by atoms with Gasteiger partial charge in [-0.2, -0.15) is 9.97 Å². The normalized spacial score (nSPS) is 11.3. The molecule has 0 saturated heterocycles. The van der Waals surface area contributed by atoms with Crippen molar-refractivity contribution in [2.45, 2.75) is 26.6 Å². The maximum Gasteiger partial charge on any atom is 0.316 e. The molecule has 0 saturated carbocycles. The van der Waals surface area contributed by atoms with E-state index in [1.165, 1.54) is 12.4 Å². The van der Waals surface area contributed by atoms with E-state index in [9.17, 15) is 17.6 Å². The van der Waals surface area contributed by atoms with Crippen molar-refractivity contribution in [3.8, 4) is 11.8 Å². The van der Waals surface area contributed by atoms with E-state index in [1.807, 2.05) is 13.8 Å². The number of hydrogen-bond acceptors (Lipinski definition) is 7. The van der Waals surface area contributed by atoms with Gasteiger partial charge in [0.1, 0.15) is 12.4 Å². The van der Waals surface area contributed by atoms with Crippen LogP contribution in [0.15, 0.2) is 24.5 Å². The Kier molecular flexibility index (Phi) is 6.55. The predicted octanol–water partition coefficient (Wildman–Crippen LogP) is 2.32. The molecule has 0 bridgehead atoms. The van der Waals surface area contributed by atoms with Crippen LogP contribution >= 0.6 is 11.6 Å². The van der Waals surface area contributed by atoms with Crippen molar-refractivity contribution >= 4 is 27.5 Å². The monoisotopic (exact) mass is 417 g/mol. The lowest BCUT2D eigenvalue weighted by atomic mass is 10.1. The van der Waals surface area contributed by atoms with Crippen LogP contribution in [0.4, 0.5) is 4.39 Å². The van der Waals surface area contributed by atoms with Gasteiger partial charge in [-0.05, 0) is 26.0 Å². The van der Waals surface area contributed by atoms with E-state index < -0.39 is 27.3 Å². The van der Waals surface area contributed by atoms with E-state index in [2.05, 4.69) is 9.97 Å². The number of halogens is 2. The molecular formula is C16H17ClFN3O5S. The molecule has 0 aliphatic rings. The number of aromatic nitrogens is 2. The van der Waals surface area contributed by atoms with Gasteiger partial charge in [-0.15, -0.1) is 0 Å². The number of carbonyl (C=O) groups is 1. The Labute approximate surface area is 160 Å². The van der Waals surface area contributed by atoms with E-state index >= 15 is 0 Å². The first-order valence-corrected chi connectivity index (χ1v) is 9.93. The molecule has 2 aromatic rings. The third-order valence-electron chi connectivity index (χ3n) is 3.00. The van der Waals surface area contributed by atoms with Crippen LogP contribution in [0.25, 0.3) is 0 Å². The smallest absolute Gasteiger partial charge is 0.316 e. The number of nitrogens with zero attached hydrogens (tertiary/aromatic N) is 2. The number of carbonyl (C=O) groups excluding carboxylic acids is 1. The zero-order chi connectivity index (χ0) is 20.2. The van der Waals surface area contributed by atoms with Crippen LogP contribution in [0.2, 0.25) is 5.02 Å². The first kappa shape index (κ1) is 20.8. The van der Waals surface area contributed by atoms with Crippen molar-refractivity contribution in [2.75, 3.05) is 6.26 Å². The van der Waals surface area contributed by atoms with Gasteiger partial charge in [-0.1, -0.05) is 11.6 Å². The fourth-order valence-electron chi connectivity index (χ4n) is 1.91. The fourth-order valence-corrected chi connectivity index (χ4v) is 2.57. The standard InChI is InChI=1S/C16H17ClFN3O5S/c1-9(2)26-16-19-6-11(7-20-16)25-8-10-4-14(18)12(5-13(10)17)15(22)21-27(3,23)24/h4-7,9H,8H2,1-3H3,(H,21,22). The average molecular weight is 418 g/mol. The van der Waals surface area contributed by atoms with Crippen molar-refractivity contribution in [3.63, 3.8) is 0 Å². The van der Waals surface area contributed by atoms with Gasteiger partial charge in [0.2, 0.25) is 10.0 Å². The van der Waals surface area contributed by atoms with Crippen molar-refractivity contribution in [3.05, 3.63) is 46.5 Å². The summed E-state index contributed by atoms with van der Waals surface area (Å²) in [5, 5.41) is 0.0377. The van der Waals surface area contributed by atoms with Crippen LogP contribution in [0, 0.1) is 5.82 Å². The number of ether oxygens (including phenoxy) is 2. The maximum absolute atomic E-state index is 14.1. The van der Waals surface area contributed by atoms with Gasteiger partial charge in [0.15, 0.2) is 5.75 Å². The fraction of sp³-hybridized carbons (Fsp3) is 0.312. The lowest BCUT2D eigenvalue weighted by Gasteiger charge is -2.11. The summed E-state index contributed by atoms with van der Waals surface area (Å²) >= 11 is 6.04. The zero-order valence-electron chi connectivity index (χ0n) is 14.7. The van der Waals surface area contributed by atoms with Crippen LogP contribution in [0.3, 0.4) is 0 Å². The molecule has 1 aromatic carbocycles. The lowest BCUT2D eigenvalue weighted by molar-refractivity contribution is 0.0977. The molecule has 8 nitrogen and oxygen atoms in total. The minimum atomic E-state index is -3.83. The summed E-state index contributed by atoms with van der Waals surface area (Å²) < 4.78 is 48.8. The number of hydrogen-bond donors (Lipinski definition) is 1. The van der Waals surface area contributed by atoms with E-state index in [-0.39, 0.29) is 29.3 Å². The number of benzene rings is 1.